The Hall–Kier alpha value is -0.920. The Morgan fingerprint density at radius 2 is 1.87 bits per heavy atom. The minimum Gasteiger partial charge on any atom is -0.299 e. The highest BCUT2D eigenvalue weighted by atomic mass is 16.1. The monoisotopic (exact) mass is 314 g/mol. The molecule has 3 saturated carbocycles. The van der Waals surface area contributed by atoms with Gasteiger partial charge in [0, 0.05) is 18.3 Å². The smallest absolute Gasteiger partial charge is 0.155 e. The third-order valence-electron chi connectivity index (χ3n) is 8.33. The highest BCUT2D eigenvalue weighted by Crippen LogP contribution is 2.65. The van der Waals surface area contributed by atoms with E-state index < -0.39 is 0 Å². The summed E-state index contributed by atoms with van der Waals surface area (Å²) in [6, 6.07) is 0. The van der Waals surface area contributed by atoms with Crippen molar-refractivity contribution in [3.63, 3.8) is 0 Å². The summed E-state index contributed by atoms with van der Waals surface area (Å²) in [7, 11) is 0. The number of carbonyl (C=O) groups excluding carboxylic acids is 2. The quantitative estimate of drug-likeness (QED) is 0.701. The Morgan fingerprint density at radius 1 is 1.09 bits per heavy atom. The van der Waals surface area contributed by atoms with Gasteiger partial charge in [0.1, 0.15) is 5.78 Å². The minimum atomic E-state index is -0.0517. The van der Waals surface area contributed by atoms with Gasteiger partial charge < -0.3 is 0 Å². The summed E-state index contributed by atoms with van der Waals surface area (Å²) in [5.74, 6) is 3.45. The van der Waals surface area contributed by atoms with Gasteiger partial charge in [0.05, 0.1) is 0 Å². The zero-order chi connectivity index (χ0) is 16.4. The molecule has 126 valence electrons. The summed E-state index contributed by atoms with van der Waals surface area (Å²) in [6.45, 7) is 6.95. The van der Waals surface area contributed by atoms with Crippen LogP contribution in [0.3, 0.4) is 0 Å². The van der Waals surface area contributed by atoms with Gasteiger partial charge in [0.25, 0.3) is 0 Å². The van der Waals surface area contributed by atoms with Gasteiger partial charge in [-0.3, -0.25) is 9.59 Å². The average molecular weight is 314 g/mol. The zero-order valence-electron chi connectivity index (χ0n) is 14.9. The van der Waals surface area contributed by atoms with Crippen molar-refractivity contribution in [2.24, 2.45) is 34.5 Å². The molecule has 0 N–H and O–H groups in total. The summed E-state index contributed by atoms with van der Waals surface area (Å²) in [5, 5.41) is 0. The van der Waals surface area contributed by atoms with Crippen molar-refractivity contribution in [3.05, 3.63) is 11.6 Å². The van der Waals surface area contributed by atoms with E-state index in [4.69, 9.17) is 0 Å². The van der Waals surface area contributed by atoms with Crippen molar-refractivity contribution < 1.29 is 9.59 Å². The van der Waals surface area contributed by atoms with Crippen LogP contribution in [-0.4, -0.2) is 11.6 Å². The maximum Gasteiger partial charge on any atom is 0.155 e. The molecule has 2 heteroatoms. The molecule has 6 atom stereocenters. The normalized spacial score (nSPS) is 49.3. The molecule has 4 rings (SSSR count). The van der Waals surface area contributed by atoms with Gasteiger partial charge >= 0.3 is 0 Å². The van der Waals surface area contributed by atoms with Crippen LogP contribution in [0.4, 0.5) is 0 Å². The first-order valence-corrected chi connectivity index (χ1v) is 9.67. The molecule has 0 saturated heterocycles. The van der Waals surface area contributed by atoms with Crippen molar-refractivity contribution >= 4 is 11.6 Å². The van der Waals surface area contributed by atoms with Crippen LogP contribution in [0.2, 0.25) is 0 Å². The fourth-order valence-corrected chi connectivity index (χ4v) is 7.00. The number of allylic oxidation sites excluding steroid dienone is 1. The lowest BCUT2D eigenvalue weighted by Gasteiger charge is -2.57. The molecule has 0 amide bonds. The summed E-state index contributed by atoms with van der Waals surface area (Å²) >= 11 is 0. The van der Waals surface area contributed by atoms with Crippen molar-refractivity contribution in [1.29, 1.82) is 0 Å². The lowest BCUT2D eigenvalue weighted by Crippen LogP contribution is -2.51. The Kier molecular flexibility index (Phi) is 3.42. The third-order valence-corrected chi connectivity index (χ3v) is 8.33. The molecular formula is C21H30O2. The van der Waals surface area contributed by atoms with Gasteiger partial charge in [-0.05, 0) is 67.3 Å². The molecule has 0 aromatic carbocycles. The van der Waals surface area contributed by atoms with Crippen molar-refractivity contribution in [3.8, 4) is 0 Å². The van der Waals surface area contributed by atoms with E-state index in [0.29, 0.717) is 35.2 Å². The Bertz CT molecular complexity index is 589. The number of hydrogen-bond acceptors (Lipinski definition) is 2. The number of hydrogen-bond donors (Lipinski definition) is 0. The molecule has 0 aromatic rings. The molecule has 23 heavy (non-hydrogen) atoms. The summed E-state index contributed by atoms with van der Waals surface area (Å²) in [4.78, 5) is 24.6. The molecule has 3 unspecified atom stereocenters. The molecule has 0 bridgehead atoms. The lowest BCUT2D eigenvalue weighted by molar-refractivity contribution is -0.133. The van der Waals surface area contributed by atoms with Crippen molar-refractivity contribution in [2.75, 3.05) is 0 Å². The minimum absolute atomic E-state index is 0.0517. The van der Waals surface area contributed by atoms with Crippen LogP contribution < -0.4 is 0 Å². The largest absolute Gasteiger partial charge is 0.299 e. The van der Waals surface area contributed by atoms with Crippen molar-refractivity contribution in [1.82, 2.24) is 0 Å². The molecule has 4 aliphatic rings. The van der Waals surface area contributed by atoms with E-state index in [1.54, 1.807) is 0 Å². The van der Waals surface area contributed by atoms with Gasteiger partial charge in [-0.25, -0.2) is 0 Å². The fourth-order valence-electron chi connectivity index (χ4n) is 7.00. The zero-order valence-corrected chi connectivity index (χ0v) is 14.9. The SMILES string of the molecule is CC[C@@H]1CC(=O)[C@@]2(C)CCC3C(CCC4=CC(=O)CC[C@@]43C)C12. The second-order valence-corrected chi connectivity index (χ2v) is 9.14. The molecule has 0 heterocycles. The van der Waals surface area contributed by atoms with Crippen LogP contribution in [0.15, 0.2) is 11.6 Å². The maximum absolute atomic E-state index is 12.7. The number of ketones is 2. The third kappa shape index (κ3) is 1.99. The maximum atomic E-state index is 12.7. The van der Waals surface area contributed by atoms with E-state index in [1.807, 2.05) is 6.08 Å². The Morgan fingerprint density at radius 3 is 2.61 bits per heavy atom. The van der Waals surface area contributed by atoms with Gasteiger partial charge in [0.2, 0.25) is 0 Å². The van der Waals surface area contributed by atoms with E-state index in [2.05, 4.69) is 20.8 Å². The van der Waals surface area contributed by atoms with E-state index in [-0.39, 0.29) is 10.8 Å². The Labute approximate surface area is 140 Å². The first-order chi connectivity index (χ1) is 10.9. The van der Waals surface area contributed by atoms with Crippen LogP contribution in [-0.2, 0) is 9.59 Å². The van der Waals surface area contributed by atoms with Gasteiger partial charge in [-0.15, -0.1) is 0 Å². The van der Waals surface area contributed by atoms with Crippen molar-refractivity contribution in [2.45, 2.75) is 72.1 Å². The second kappa shape index (κ2) is 5.04. The van der Waals surface area contributed by atoms with Gasteiger partial charge in [-0.2, -0.15) is 0 Å². The van der Waals surface area contributed by atoms with Gasteiger partial charge in [0.15, 0.2) is 5.78 Å². The molecule has 0 spiro atoms. The average Bonchev–Trinajstić information content (AvgIpc) is 2.79. The van der Waals surface area contributed by atoms with Crippen LogP contribution >= 0.6 is 0 Å². The highest BCUT2D eigenvalue weighted by molar-refractivity contribution is 5.91. The molecular weight excluding hydrogens is 284 g/mol. The number of rotatable bonds is 1. The summed E-state index contributed by atoms with van der Waals surface area (Å²) in [5.41, 5.74) is 1.60. The van der Waals surface area contributed by atoms with Crippen LogP contribution in [0.1, 0.15) is 72.1 Å². The lowest BCUT2D eigenvalue weighted by atomic mass is 9.46. The van der Waals surface area contributed by atoms with Crippen LogP contribution in [0, 0.1) is 34.5 Å². The van der Waals surface area contributed by atoms with E-state index in [0.717, 1.165) is 38.5 Å². The summed E-state index contributed by atoms with van der Waals surface area (Å²) < 4.78 is 0. The first-order valence-electron chi connectivity index (χ1n) is 9.67. The predicted molar refractivity (Wildman–Crippen MR) is 90.9 cm³/mol. The van der Waals surface area contributed by atoms with E-state index in [1.165, 1.54) is 18.4 Å². The Balaban J connectivity index is 1.72. The van der Waals surface area contributed by atoms with E-state index in [9.17, 15) is 9.59 Å². The second-order valence-electron chi connectivity index (χ2n) is 9.14. The first kappa shape index (κ1) is 15.6. The summed E-state index contributed by atoms with van der Waals surface area (Å²) in [6.07, 6.45) is 10.2. The van der Waals surface area contributed by atoms with Gasteiger partial charge in [-0.1, -0.05) is 32.8 Å². The topological polar surface area (TPSA) is 34.1 Å². The van der Waals surface area contributed by atoms with Crippen LogP contribution in [0.5, 0.6) is 0 Å². The molecule has 3 fully saturated rings. The number of Topliss-reactive ketones (excluding diaryl/α,β-unsaturated/α-hetero) is 1. The number of fused-ring (bicyclic) bond motifs is 5. The molecule has 2 nitrogen and oxygen atoms in total. The fraction of sp³-hybridized carbons (Fsp3) is 0.810. The number of carbonyl (C=O) groups is 2. The van der Waals surface area contributed by atoms with E-state index >= 15 is 0 Å². The van der Waals surface area contributed by atoms with Crippen LogP contribution in [0.25, 0.3) is 0 Å². The standard InChI is InChI=1S/C21H30O2/c1-4-13-11-18(23)21(3)10-8-17-16(19(13)21)6-5-14-12-15(22)7-9-20(14,17)2/h12-13,16-17,19H,4-11H2,1-3H3/t13-,16?,17?,19?,20+,21-/m1/s1. The highest BCUT2D eigenvalue weighted by Gasteiger charge is 2.61. The molecule has 0 aliphatic heterocycles. The molecule has 0 aromatic heterocycles. The predicted octanol–water partition coefficient (Wildman–Crippen LogP) is 4.72. The molecule has 0 radical (unpaired) electrons. The molecule has 4 aliphatic carbocycles.